The van der Waals surface area contributed by atoms with Crippen molar-refractivity contribution in [3.05, 3.63) is 71.4 Å². The molecule has 0 bridgehead atoms. The van der Waals surface area contributed by atoms with Crippen molar-refractivity contribution in [1.29, 1.82) is 0 Å². The number of nitrogens with two attached hydrogens (primary N) is 1. The number of rotatable bonds is 3. The smallest absolute Gasteiger partial charge is 0.334 e. The molecule has 0 atom stereocenters. The van der Waals surface area contributed by atoms with Crippen LogP contribution in [0.2, 0.25) is 5.02 Å². The van der Waals surface area contributed by atoms with Crippen molar-refractivity contribution in [2.24, 2.45) is 5.73 Å². The van der Waals surface area contributed by atoms with E-state index in [2.05, 4.69) is 0 Å². The SMILES string of the molecule is NC(=O)N(Cc1ccccc1)n1ccc2cc(Cl)ccc21. The first-order valence-corrected chi connectivity index (χ1v) is 6.91. The Labute approximate surface area is 127 Å². The molecule has 3 rings (SSSR count). The Morgan fingerprint density at radius 2 is 1.90 bits per heavy atom. The van der Waals surface area contributed by atoms with Crippen LogP contribution in [0.1, 0.15) is 5.56 Å². The van der Waals surface area contributed by atoms with E-state index in [0.29, 0.717) is 11.6 Å². The Morgan fingerprint density at radius 1 is 1.14 bits per heavy atom. The van der Waals surface area contributed by atoms with Crippen LogP contribution in [0.15, 0.2) is 60.8 Å². The summed E-state index contributed by atoms with van der Waals surface area (Å²) in [5.41, 5.74) is 7.43. The summed E-state index contributed by atoms with van der Waals surface area (Å²) in [7, 11) is 0. The third kappa shape index (κ3) is 2.71. The number of carbonyl (C=O) groups is 1. The summed E-state index contributed by atoms with van der Waals surface area (Å²) < 4.78 is 1.75. The normalized spacial score (nSPS) is 10.7. The monoisotopic (exact) mass is 299 g/mol. The zero-order valence-electron chi connectivity index (χ0n) is 11.2. The molecular weight excluding hydrogens is 286 g/mol. The standard InChI is InChI=1S/C16H14ClN3O/c17-14-6-7-15-13(10-14)8-9-19(15)20(16(18)21)11-12-4-2-1-3-5-12/h1-10H,11H2,(H2,18,21). The van der Waals surface area contributed by atoms with Crippen LogP contribution in [-0.4, -0.2) is 10.7 Å². The van der Waals surface area contributed by atoms with E-state index in [1.165, 1.54) is 5.01 Å². The lowest BCUT2D eigenvalue weighted by atomic mass is 10.2. The molecule has 0 aliphatic carbocycles. The van der Waals surface area contributed by atoms with Gasteiger partial charge in [0.1, 0.15) is 0 Å². The summed E-state index contributed by atoms with van der Waals surface area (Å²) in [6.07, 6.45) is 1.81. The van der Waals surface area contributed by atoms with Gasteiger partial charge in [0.05, 0.1) is 12.1 Å². The van der Waals surface area contributed by atoms with E-state index in [1.54, 1.807) is 10.7 Å². The molecule has 0 fully saturated rings. The molecular formula is C16H14ClN3O. The van der Waals surface area contributed by atoms with Gasteiger partial charge in [0.25, 0.3) is 0 Å². The van der Waals surface area contributed by atoms with Gasteiger partial charge in [-0.15, -0.1) is 0 Å². The predicted molar refractivity (Wildman–Crippen MR) is 84.9 cm³/mol. The van der Waals surface area contributed by atoms with Crippen LogP contribution in [0.5, 0.6) is 0 Å². The quantitative estimate of drug-likeness (QED) is 0.790. The largest absolute Gasteiger partial charge is 0.350 e. The second kappa shape index (κ2) is 5.50. The van der Waals surface area contributed by atoms with Crippen LogP contribution in [0.25, 0.3) is 10.9 Å². The third-order valence-electron chi connectivity index (χ3n) is 3.32. The molecule has 1 aromatic heterocycles. The third-order valence-corrected chi connectivity index (χ3v) is 3.56. The molecule has 4 nitrogen and oxygen atoms in total. The van der Waals surface area contributed by atoms with Gasteiger partial charge in [-0.2, -0.15) is 0 Å². The number of aromatic nitrogens is 1. The van der Waals surface area contributed by atoms with E-state index in [0.717, 1.165) is 16.5 Å². The zero-order chi connectivity index (χ0) is 14.8. The van der Waals surface area contributed by atoms with Crippen molar-refractivity contribution >= 4 is 28.5 Å². The van der Waals surface area contributed by atoms with E-state index in [9.17, 15) is 4.79 Å². The van der Waals surface area contributed by atoms with Crippen molar-refractivity contribution in [2.45, 2.75) is 6.54 Å². The maximum atomic E-state index is 11.8. The number of halogens is 1. The lowest BCUT2D eigenvalue weighted by Crippen LogP contribution is -2.43. The number of nitrogens with zero attached hydrogens (tertiary/aromatic N) is 2. The van der Waals surface area contributed by atoms with E-state index >= 15 is 0 Å². The van der Waals surface area contributed by atoms with Gasteiger partial charge >= 0.3 is 6.03 Å². The van der Waals surface area contributed by atoms with Crippen molar-refractivity contribution in [1.82, 2.24) is 4.68 Å². The molecule has 5 heteroatoms. The number of urea groups is 1. The van der Waals surface area contributed by atoms with Crippen molar-refractivity contribution in [2.75, 3.05) is 5.01 Å². The molecule has 0 saturated heterocycles. The Morgan fingerprint density at radius 3 is 2.62 bits per heavy atom. The lowest BCUT2D eigenvalue weighted by Gasteiger charge is -2.23. The number of hydrogen-bond acceptors (Lipinski definition) is 1. The van der Waals surface area contributed by atoms with Crippen LogP contribution in [0, 0.1) is 0 Å². The Bertz CT molecular complexity index is 783. The second-order valence-electron chi connectivity index (χ2n) is 4.74. The van der Waals surface area contributed by atoms with E-state index in [1.807, 2.05) is 54.7 Å². The summed E-state index contributed by atoms with van der Waals surface area (Å²) in [5.74, 6) is 0. The van der Waals surface area contributed by atoms with Gasteiger partial charge in [0, 0.05) is 16.6 Å². The average Bonchev–Trinajstić information content (AvgIpc) is 2.88. The van der Waals surface area contributed by atoms with Crippen molar-refractivity contribution < 1.29 is 4.79 Å². The molecule has 0 unspecified atom stereocenters. The maximum absolute atomic E-state index is 11.8. The lowest BCUT2D eigenvalue weighted by molar-refractivity contribution is 0.248. The summed E-state index contributed by atoms with van der Waals surface area (Å²) >= 11 is 5.99. The molecule has 0 radical (unpaired) electrons. The number of amides is 2. The van der Waals surface area contributed by atoms with Crippen LogP contribution in [0.3, 0.4) is 0 Å². The summed E-state index contributed by atoms with van der Waals surface area (Å²) in [6.45, 7) is 0.405. The van der Waals surface area contributed by atoms with Crippen LogP contribution < -0.4 is 10.7 Å². The first kappa shape index (κ1) is 13.5. The first-order valence-electron chi connectivity index (χ1n) is 6.53. The number of fused-ring (bicyclic) bond motifs is 1. The Hall–Kier alpha value is -2.46. The van der Waals surface area contributed by atoms with Crippen molar-refractivity contribution in [3.8, 4) is 0 Å². The highest BCUT2D eigenvalue weighted by atomic mass is 35.5. The molecule has 3 aromatic rings. The minimum absolute atomic E-state index is 0.405. The van der Waals surface area contributed by atoms with Crippen molar-refractivity contribution in [3.63, 3.8) is 0 Å². The number of benzene rings is 2. The average molecular weight is 300 g/mol. The van der Waals surface area contributed by atoms with Gasteiger partial charge in [-0.05, 0) is 29.8 Å². The van der Waals surface area contributed by atoms with E-state index < -0.39 is 6.03 Å². The molecule has 1 heterocycles. The molecule has 2 N–H and O–H groups in total. The summed E-state index contributed by atoms with van der Waals surface area (Å²) in [6, 6.07) is 16.6. The van der Waals surface area contributed by atoms with Gasteiger partial charge in [-0.25, -0.2) is 9.80 Å². The highest BCUT2D eigenvalue weighted by molar-refractivity contribution is 6.31. The predicted octanol–water partition coefficient (Wildman–Crippen LogP) is 3.51. The number of hydrogen-bond donors (Lipinski definition) is 1. The molecule has 0 aliphatic heterocycles. The topological polar surface area (TPSA) is 51.3 Å². The first-order chi connectivity index (χ1) is 10.1. The highest BCUT2D eigenvalue weighted by Crippen LogP contribution is 2.21. The number of primary amides is 1. The van der Waals surface area contributed by atoms with Crippen LogP contribution in [-0.2, 0) is 6.54 Å². The van der Waals surface area contributed by atoms with E-state index in [4.69, 9.17) is 17.3 Å². The highest BCUT2D eigenvalue weighted by Gasteiger charge is 2.14. The molecule has 0 spiro atoms. The molecule has 0 saturated carbocycles. The van der Waals surface area contributed by atoms with Gasteiger partial charge in [0.15, 0.2) is 0 Å². The fourth-order valence-electron chi connectivity index (χ4n) is 2.33. The summed E-state index contributed by atoms with van der Waals surface area (Å²) in [4.78, 5) is 11.8. The second-order valence-corrected chi connectivity index (χ2v) is 5.18. The van der Waals surface area contributed by atoms with Crippen LogP contribution >= 0.6 is 11.6 Å². The van der Waals surface area contributed by atoms with Crippen LogP contribution in [0.4, 0.5) is 4.79 Å². The summed E-state index contributed by atoms with van der Waals surface area (Å²) in [5, 5.41) is 3.11. The molecule has 106 valence electrons. The van der Waals surface area contributed by atoms with Gasteiger partial charge in [-0.3, -0.25) is 4.68 Å². The zero-order valence-corrected chi connectivity index (χ0v) is 12.0. The minimum atomic E-state index is -0.508. The van der Waals surface area contributed by atoms with E-state index in [-0.39, 0.29) is 0 Å². The van der Waals surface area contributed by atoms with Gasteiger partial charge in [0.2, 0.25) is 0 Å². The molecule has 2 aromatic carbocycles. The maximum Gasteiger partial charge on any atom is 0.334 e. The Balaban J connectivity index is 2.02. The fourth-order valence-corrected chi connectivity index (χ4v) is 2.51. The minimum Gasteiger partial charge on any atom is -0.350 e. The molecule has 21 heavy (non-hydrogen) atoms. The Kier molecular flexibility index (Phi) is 3.54. The van der Waals surface area contributed by atoms with Gasteiger partial charge in [-0.1, -0.05) is 41.9 Å². The molecule has 0 aliphatic rings. The van der Waals surface area contributed by atoms with Gasteiger partial charge < -0.3 is 5.73 Å². The number of carbonyl (C=O) groups excluding carboxylic acids is 1. The fraction of sp³-hybridized carbons (Fsp3) is 0.0625. The molecule has 2 amide bonds.